The monoisotopic (exact) mass is 314 g/mol. The second kappa shape index (κ2) is 5.60. The number of rotatable bonds is 3. The lowest BCUT2D eigenvalue weighted by Crippen LogP contribution is -2.46. The molecule has 0 amide bonds. The number of hydrogen-bond acceptors (Lipinski definition) is 2. The highest BCUT2D eigenvalue weighted by Gasteiger charge is 2.58. The first-order chi connectivity index (χ1) is 10.1. The molecule has 2 atom stereocenters. The molecule has 5 heteroatoms. The minimum Gasteiger partial charge on any atom is -0.454 e. The van der Waals surface area contributed by atoms with E-state index in [1.807, 2.05) is 24.3 Å². The highest BCUT2D eigenvalue weighted by atomic mass is 19.4. The van der Waals surface area contributed by atoms with Crippen molar-refractivity contribution in [1.29, 1.82) is 0 Å². The first-order valence-electron chi connectivity index (χ1n) is 7.52. The second-order valence-corrected chi connectivity index (χ2v) is 6.31. The Hall–Kier alpha value is -1.52. The lowest BCUT2D eigenvalue weighted by atomic mass is 9.79. The molecule has 1 aromatic carbocycles. The highest BCUT2D eigenvalue weighted by Crippen LogP contribution is 2.45. The number of esters is 1. The van der Waals surface area contributed by atoms with Gasteiger partial charge in [0.2, 0.25) is 0 Å². The number of fused-ring (bicyclic) bond motifs is 1. The van der Waals surface area contributed by atoms with E-state index >= 15 is 0 Å². The first kappa shape index (κ1) is 16.8. The third-order valence-corrected chi connectivity index (χ3v) is 4.79. The molecule has 2 unspecified atom stereocenters. The van der Waals surface area contributed by atoms with Gasteiger partial charge in [-0.2, -0.15) is 13.2 Å². The average molecular weight is 314 g/mol. The first-order valence-corrected chi connectivity index (χ1v) is 7.52. The Balaban J connectivity index is 2.33. The van der Waals surface area contributed by atoms with Gasteiger partial charge in [0.1, 0.15) is 5.60 Å². The lowest BCUT2D eigenvalue weighted by molar-refractivity contribution is -0.238. The summed E-state index contributed by atoms with van der Waals surface area (Å²) in [4.78, 5) is 12.3. The summed E-state index contributed by atoms with van der Waals surface area (Å²) in [7, 11) is 0. The summed E-state index contributed by atoms with van der Waals surface area (Å²) in [5, 5.41) is 0. The number of hydrogen-bond donors (Lipinski definition) is 0. The maximum atomic E-state index is 13.2. The van der Waals surface area contributed by atoms with Gasteiger partial charge >= 0.3 is 12.1 Å². The number of benzene rings is 1. The van der Waals surface area contributed by atoms with Crippen LogP contribution < -0.4 is 0 Å². The van der Waals surface area contributed by atoms with Crippen LogP contribution in [0.3, 0.4) is 0 Å². The quantitative estimate of drug-likeness (QED) is 0.752. The zero-order valence-electron chi connectivity index (χ0n) is 13.1. The average Bonchev–Trinajstić information content (AvgIpc) is 2.45. The van der Waals surface area contributed by atoms with E-state index in [1.165, 1.54) is 6.92 Å². The van der Waals surface area contributed by atoms with Crippen LogP contribution in [0.25, 0.3) is 0 Å². The molecule has 0 fully saturated rings. The summed E-state index contributed by atoms with van der Waals surface area (Å²) in [6.45, 7) is 3.97. The van der Waals surface area contributed by atoms with Crippen LogP contribution in [0, 0.1) is 5.41 Å². The number of carbonyl (C=O) groups excluding carboxylic acids is 1. The van der Waals surface area contributed by atoms with Crippen LogP contribution in [0.1, 0.15) is 51.2 Å². The third-order valence-electron chi connectivity index (χ3n) is 4.79. The minimum atomic E-state index is -4.62. The fourth-order valence-corrected chi connectivity index (χ4v) is 2.89. The van der Waals surface area contributed by atoms with Crippen LogP contribution in [0.2, 0.25) is 0 Å². The fraction of sp³-hybridized carbons (Fsp3) is 0.588. The van der Waals surface area contributed by atoms with Gasteiger partial charge in [-0.05, 0) is 50.7 Å². The lowest BCUT2D eigenvalue weighted by Gasteiger charge is -2.39. The molecule has 122 valence electrons. The Kier molecular flexibility index (Phi) is 4.28. The van der Waals surface area contributed by atoms with E-state index in [2.05, 4.69) is 0 Å². The van der Waals surface area contributed by atoms with Crippen molar-refractivity contribution in [2.24, 2.45) is 5.41 Å². The molecular weight excluding hydrogens is 293 g/mol. The van der Waals surface area contributed by atoms with Gasteiger partial charge < -0.3 is 4.74 Å². The van der Waals surface area contributed by atoms with Crippen molar-refractivity contribution in [3.63, 3.8) is 0 Å². The number of halogens is 3. The molecule has 0 saturated carbocycles. The molecule has 2 nitrogen and oxygen atoms in total. The molecule has 1 aromatic rings. The third kappa shape index (κ3) is 2.73. The summed E-state index contributed by atoms with van der Waals surface area (Å²) in [5.74, 6) is -1.19. The summed E-state index contributed by atoms with van der Waals surface area (Å²) in [6.07, 6.45) is -2.78. The molecule has 1 aliphatic carbocycles. The van der Waals surface area contributed by atoms with Crippen LogP contribution in [0.5, 0.6) is 0 Å². The smallest absolute Gasteiger partial charge is 0.404 e. The molecule has 0 bridgehead atoms. The van der Waals surface area contributed by atoms with Gasteiger partial charge in [0.25, 0.3) is 0 Å². The van der Waals surface area contributed by atoms with E-state index in [9.17, 15) is 18.0 Å². The van der Waals surface area contributed by atoms with Gasteiger partial charge in [-0.25, -0.2) is 0 Å². The molecule has 0 aromatic heterocycles. The van der Waals surface area contributed by atoms with E-state index in [4.69, 9.17) is 4.74 Å². The SMILES string of the molecule is CCC(C)(C(=O)OC1(C)CCCc2ccccc21)C(F)(F)F. The normalized spacial score (nSPS) is 24.3. The molecular formula is C17H21F3O2. The Labute approximate surface area is 128 Å². The van der Waals surface area contributed by atoms with E-state index in [0.29, 0.717) is 6.42 Å². The predicted octanol–water partition coefficient (Wildman–Crippen LogP) is 4.76. The molecule has 0 N–H and O–H groups in total. The second-order valence-electron chi connectivity index (χ2n) is 6.31. The zero-order valence-corrected chi connectivity index (χ0v) is 13.1. The van der Waals surface area contributed by atoms with Crippen LogP contribution >= 0.6 is 0 Å². The Morgan fingerprint density at radius 3 is 2.55 bits per heavy atom. The van der Waals surface area contributed by atoms with Gasteiger partial charge in [0.05, 0.1) is 0 Å². The van der Waals surface area contributed by atoms with Gasteiger partial charge in [0, 0.05) is 0 Å². The van der Waals surface area contributed by atoms with Crippen molar-refractivity contribution >= 4 is 5.97 Å². The molecule has 0 spiro atoms. The van der Waals surface area contributed by atoms with E-state index in [-0.39, 0.29) is 6.42 Å². The number of alkyl halides is 3. The molecule has 22 heavy (non-hydrogen) atoms. The highest BCUT2D eigenvalue weighted by molar-refractivity contribution is 5.78. The van der Waals surface area contributed by atoms with Crippen molar-refractivity contribution in [3.8, 4) is 0 Å². The molecule has 1 aliphatic rings. The van der Waals surface area contributed by atoms with Crippen molar-refractivity contribution in [3.05, 3.63) is 35.4 Å². The summed E-state index contributed by atoms with van der Waals surface area (Å²) >= 11 is 0. The van der Waals surface area contributed by atoms with E-state index in [0.717, 1.165) is 30.9 Å². The Bertz CT molecular complexity index is 567. The number of aryl methyl sites for hydroxylation is 1. The number of carbonyl (C=O) groups is 1. The molecule has 0 saturated heterocycles. The standard InChI is InChI=1S/C17H21F3O2/c1-4-15(2,17(18,19)20)14(21)22-16(3)11-7-9-12-8-5-6-10-13(12)16/h5-6,8,10H,4,7,9,11H2,1-3H3. The summed E-state index contributed by atoms with van der Waals surface area (Å²) in [5.41, 5.74) is -1.61. The topological polar surface area (TPSA) is 26.3 Å². The van der Waals surface area contributed by atoms with Gasteiger partial charge in [-0.3, -0.25) is 4.79 Å². The minimum absolute atomic E-state index is 0.340. The fourth-order valence-electron chi connectivity index (χ4n) is 2.89. The van der Waals surface area contributed by atoms with Crippen LogP contribution in [0.4, 0.5) is 13.2 Å². The Morgan fingerprint density at radius 2 is 1.95 bits per heavy atom. The largest absolute Gasteiger partial charge is 0.454 e. The van der Waals surface area contributed by atoms with Gasteiger partial charge in [-0.1, -0.05) is 31.2 Å². The van der Waals surface area contributed by atoms with E-state index < -0.39 is 23.2 Å². The zero-order chi connectivity index (χ0) is 16.6. The van der Waals surface area contributed by atoms with Crippen molar-refractivity contribution in [2.45, 2.75) is 58.2 Å². The number of ether oxygens (including phenoxy) is 1. The molecule has 0 heterocycles. The maximum absolute atomic E-state index is 13.2. The maximum Gasteiger partial charge on any atom is 0.404 e. The van der Waals surface area contributed by atoms with Crippen LogP contribution in [0.15, 0.2) is 24.3 Å². The Morgan fingerprint density at radius 1 is 1.32 bits per heavy atom. The summed E-state index contributed by atoms with van der Waals surface area (Å²) < 4.78 is 45.1. The predicted molar refractivity (Wildman–Crippen MR) is 77.3 cm³/mol. The van der Waals surface area contributed by atoms with Crippen molar-refractivity contribution in [1.82, 2.24) is 0 Å². The van der Waals surface area contributed by atoms with Crippen LogP contribution in [-0.2, 0) is 21.6 Å². The van der Waals surface area contributed by atoms with E-state index in [1.54, 1.807) is 6.92 Å². The van der Waals surface area contributed by atoms with Crippen LogP contribution in [-0.4, -0.2) is 12.1 Å². The van der Waals surface area contributed by atoms with Crippen molar-refractivity contribution in [2.75, 3.05) is 0 Å². The molecule has 0 radical (unpaired) electrons. The van der Waals surface area contributed by atoms with Gasteiger partial charge in [-0.15, -0.1) is 0 Å². The summed E-state index contributed by atoms with van der Waals surface area (Å²) in [6, 6.07) is 7.47. The van der Waals surface area contributed by atoms with Gasteiger partial charge in [0.15, 0.2) is 5.41 Å². The molecule has 2 rings (SSSR count). The van der Waals surface area contributed by atoms with Crippen molar-refractivity contribution < 1.29 is 22.7 Å². The molecule has 0 aliphatic heterocycles.